The summed E-state index contributed by atoms with van der Waals surface area (Å²) in [6.45, 7) is 5.43. The molecule has 1 aliphatic carbocycles. The quantitative estimate of drug-likeness (QED) is 0.373. The number of carbonyl (C=O) groups is 3. The molecule has 1 saturated carbocycles. The summed E-state index contributed by atoms with van der Waals surface area (Å²) in [4.78, 5) is 36.7. The standard InChI is InChI=1S/C23H31NO6/c1-4-13-29-23(27)30-19-12-8-9-17(14-19)15-20(22(26)28-3)24-21(25)16(2)18-10-6-5-7-11-18/h4,8-9,12,14,16,18,20H,1,5-7,10-11,13,15H2,2-3H3,(H,24,25)/t16?,20-/m0/s1. The predicted octanol–water partition coefficient (Wildman–Crippen LogP) is 3.80. The van der Waals surface area contributed by atoms with Crippen LogP contribution in [0.2, 0.25) is 0 Å². The van der Waals surface area contributed by atoms with Crippen LogP contribution < -0.4 is 10.1 Å². The number of nitrogens with one attached hydrogen (secondary N) is 1. The highest BCUT2D eigenvalue weighted by molar-refractivity contribution is 5.86. The van der Waals surface area contributed by atoms with Crippen LogP contribution in [0.4, 0.5) is 4.79 Å². The van der Waals surface area contributed by atoms with Gasteiger partial charge in [0, 0.05) is 12.3 Å². The van der Waals surface area contributed by atoms with Crippen molar-refractivity contribution in [3.8, 4) is 5.75 Å². The van der Waals surface area contributed by atoms with E-state index in [1.807, 2.05) is 6.92 Å². The van der Waals surface area contributed by atoms with E-state index < -0.39 is 18.2 Å². The number of hydrogen-bond donors (Lipinski definition) is 1. The van der Waals surface area contributed by atoms with Gasteiger partial charge in [-0.15, -0.1) is 0 Å². The van der Waals surface area contributed by atoms with E-state index in [1.54, 1.807) is 24.3 Å². The Morgan fingerprint density at radius 2 is 1.97 bits per heavy atom. The van der Waals surface area contributed by atoms with Gasteiger partial charge in [-0.2, -0.15) is 0 Å². The summed E-state index contributed by atoms with van der Waals surface area (Å²) in [5, 5.41) is 2.84. The summed E-state index contributed by atoms with van der Waals surface area (Å²) in [7, 11) is 1.29. The first-order valence-corrected chi connectivity index (χ1v) is 10.4. The van der Waals surface area contributed by atoms with Gasteiger partial charge in [-0.1, -0.05) is 51.0 Å². The van der Waals surface area contributed by atoms with Crippen molar-refractivity contribution >= 4 is 18.0 Å². The minimum Gasteiger partial charge on any atom is -0.467 e. The molecular weight excluding hydrogens is 386 g/mol. The molecule has 0 saturated heterocycles. The lowest BCUT2D eigenvalue weighted by molar-refractivity contribution is -0.145. The second kappa shape index (κ2) is 12.0. The molecule has 0 aliphatic heterocycles. The number of benzene rings is 1. The second-order valence-electron chi connectivity index (χ2n) is 7.57. The first kappa shape index (κ1) is 23.4. The third kappa shape index (κ3) is 7.21. The van der Waals surface area contributed by atoms with Crippen LogP contribution in [-0.2, 0) is 25.5 Å². The van der Waals surface area contributed by atoms with Crippen molar-refractivity contribution < 1.29 is 28.6 Å². The van der Waals surface area contributed by atoms with Gasteiger partial charge >= 0.3 is 12.1 Å². The Hall–Kier alpha value is -2.83. The van der Waals surface area contributed by atoms with Crippen LogP contribution in [0.1, 0.15) is 44.6 Å². The molecule has 2 atom stereocenters. The van der Waals surface area contributed by atoms with E-state index >= 15 is 0 Å². The number of hydrogen-bond acceptors (Lipinski definition) is 6. The number of methoxy groups -OCH3 is 1. The molecule has 30 heavy (non-hydrogen) atoms. The van der Waals surface area contributed by atoms with Crippen molar-refractivity contribution in [2.24, 2.45) is 11.8 Å². The summed E-state index contributed by atoms with van der Waals surface area (Å²) in [5.41, 5.74) is 0.713. The normalized spacial score (nSPS) is 16.1. The molecule has 1 aromatic rings. The minimum atomic E-state index is -0.842. The van der Waals surface area contributed by atoms with E-state index in [4.69, 9.17) is 14.2 Å². The summed E-state index contributed by atoms with van der Waals surface area (Å²) in [6, 6.07) is 5.90. The zero-order chi connectivity index (χ0) is 21.9. The second-order valence-corrected chi connectivity index (χ2v) is 7.57. The zero-order valence-electron chi connectivity index (χ0n) is 17.7. The lowest BCUT2D eigenvalue weighted by atomic mass is 9.80. The summed E-state index contributed by atoms with van der Waals surface area (Å²) in [5.74, 6) is -0.192. The van der Waals surface area contributed by atoms with Gasteiger partial charge in [0.1, 0.15) is 18.4 Å². The van der Waals surface area contributed by atoms with Crippen LogP contribution in [0.15, 0.2) is 36.9 Å². The van der Waals surface area contributed by atoms with Crippen LogP contribution in [0.25, 0.3) is 0 Å². The van der Waals surface area contributed by atoms with Gasteiger partial charge in [-0.3, -0.25) is 4.79 Å². The van der Waals surface area contributed by atoms with Crippen molar-refractivity contribution in [2.75, 3.05) is 13.7 Å². The Morgan fingerprint density at radius 3 is 2.63 bits per heavy atom. The van der Waals surface area contributed by atoms with Gasteiger partial charge in [-0.05, 0) is 36.5 Å². The number of rotatable bonds is 9. The molecule has 0 radical (unpaired) electrons. The first-order chi connectivity index (χ1) is 14.4. The van der Waals surface area contributed by atoms with Crippen molar-refractivity contribution in [3.05, 3.63) is 42.5 Å². The number of ether oxygens (including phenoxy) is 3. The fraction of sp³-hybridized carbons (Fsp3) is 0.522. The van der Waals surface area contributed by atoms with E-state index in [0.717, 1.165) is 25.7 Å². The Kier molecular flexibility index (Phi) is 9.38. The van der Waals surface area contributed by atoms with Gasteiger partial charge in [0.25, 0.3) is 0 Å². The van der Waals surface area contributed by atoms with Crippen molar-refractivity contribution in [2.45, 2.75) is 51.5 Å². The monoisotopic (exact) mass is 417 g/mol. The highest BCUT2D eigenvalue weighted by Crippen LogP contribution is 2.30. The maximum absolute atomic E-state index is 12.8. The SMILES string of the molecule is C=CCOC(=O)Oc1cccc(C[C@H](NC(=O)C(C)C2CCCCC2)C(=O)OC)c1. The molecule has 0 heterocycles. The van der Waals surface area contributed by atoms with Crippen LogP contribution >= 0.6 is 0 Å². The third-order valence-electron chi connectivity index (χ3n) is 5.43. The molecule has 0 aromatic heterocycles. The maximum Gasteiger partial charge on any atom is 0.514 e. The largest absolute Gasteiger partial charge is 0.514 e. The van der Waals surface area contributed by atoms with Gasteiger partial charge in [0.15, 0.2) is 0 Å². The van der Waals surface area contributed by atoms with Crippen LogP contribution in [0.5, 0.6) is 5.75 Å². The molecule has 164 valence electrons. The Labute approximate surface area is 177 Å². The number of amides is 1. The highest BCUT2D eigenvalue weighted by Gasteiger charge is 2.29. The summed E-state index contributed by atoms with van der Waals surface area (Å²) < 4.78 is 14.8. The maximum atomic E-state index is 12.8. The molecule has 1 amide bonds. The van der Waals surface area contributed by atoms with Crippen LogP contribution in [0.3, 0.4) is 0 Å². The van der Waals surface area contributed by atoms with Crippen LogP contribution in [0, 0.1) is 11.8 Å². The molecule has 0 bridgehead atoms. The molecule has 1 aliphatic rings. The molecule has 1 fully saturated rings. The molecular formula is C23H31NO6. The fourth-order valence-corrected chi connectivity index (χ4v) is 3.71. The topological polar surface area (TPSA) is 90.9 Å². The first-order valence-electron chi connectivity index (χ1n) is 10.4. The molecule has 1 aromatic carbocycles. The van der Waals surface area contributed by atoms with Crippen molar-refractivity contribution in [1.82, 2.24) is 5.32 Å². The third-order valence-corrected chi connectivity index (χ3v) is 5.43. The van der Waals surface area contributed by atoms with Crippen molar-refractivity contribution in [1.29, 1.82) is 0 Å². The highest BCUT2D eigenvalue weighted by atomic mass is 16.7. The molecule has 7 heteroatoms. The molecule has 2 rings (SSSR count). The number of carbonyl (C=O) groups excluding carboxylic acids is 3. The summed E-state index contributed by atoms with van der Waals surface area (Å²) in [6.07, 6.45) is 6.40. The van der Waals surface area contributed by atoms with E-state index in [-0.39, 0.29) is 30.6 Å². The molecule has 0 spiro atoms. The van der Waals surface area contributed by atoms with Gasteiger partial charge in [0.05, 0.1) is 7.11 Å². The van der Waals surface area contributed by atoms with E-state index in [9.17, 15) is 14.4 Å². The predicted molar refractivity (Wildman–Crippen MR) is 112 cm³/mol. The lowest BCUT2D eigenvalue weighted by Crippen LogP contribution is -2.46. The van der Waals surface area contributed by atoms with E-state index in [0.29, 0.717) is 11.5 Å². The molecule has 1 unspecified atom stereocenters. The fourth-order valence-electron chi connectivity index (χ4n) is 3.71. The van der Waals surface area contributed by atoms with Crippen LogP contribution in [-0.4, -0.2) is 37.8 Å². The van der Waals surface area contributed by atoms with Gasteiger partial charge in [-0.25, -0.2) is 9.59 Å². The summed E-state index contributed by atoms with van der Waals surface area (Å²) >= 11 is 0. The Morgan fingerprint density at radius 1 is 1.23 bits per heavy atom. The number of esters is 1. The minimum absolute atomic E-state index is 0.0498. The molecule has 7 nitrogen and oxygen atoms in total. The van der Waals surface area contributed by atoms with Crippen molar-refractivity contribution in [3.63, 3.8) is 0 Å². The van der Waals surface area contributed by atoms with E-state index in [1.165, 1.54) is 19.6 Å². The van der Waals surface area contributed by atoms with E-state index in [2.05, 4.69) is 11.9 Å². The van der Waals surface area contributed by atoms with Gasteiger partial charge < -0.3 is 19.5 Å². The smallest absolute Gasteiger partial charge is 0.467 e. The Bertz CT molecular complexity index is 741. The average molecular weight is 418 g/mol. The Balaban J connectivity index is 2.02. The molecule has 1 N–H and O–H groups in total. The lowest BCUT2D eigenvalue weighted by Gasteiger charge is -2.28. The van der Waals surface area contributed by atoms with Gasteiger partial charge in [0.2, 0.25) is 5.91 Å². The average Bonchev–Trinajstić information content (AvgIpc) is 2.76. The zero-order valence-corrected chi connectivity index (χ0v) is 17.7.